The highest BCUT2D eigenvalue weighted by molar-refractivity contribution is 4.93. The summed E-state index contributed by atoms with van der Waals surface area (Å²) in [5.41, 5.74) is 0. The van der Waals surface area contributed by atoms with Gasteiger partial charge in [0.2, 0.25) is 0 Å². The van der Waals surface area contributed by atoms with E-state index in [0.717, 1.165) is 12.8 Å². The van der Waals surface area contributed by atoms with Crippen LogP contribution in [0.5, 0.6) is 0 Å². The molecule has 0 aromatic carbocycles. The number of ether oxygens (including phenoxy) is 4. The van der Waals surface area contributed by atoms with Crippen LogP contribution in [-0.4, -0.2) is 59.9 Å². The van der Waals surface area contributed by atoms with Crippen LogP contribution in [0.3, 0.4) is 0 Å². The van der Waals surface area contributed by atoms with Gasteiger partial charge in [-0.25, -0.2) is 0 Å². The van der Waals surface area contributed by atoms with E-state index in [0.29, 0.717) is 13.2 Å². The minimum atomic E-state index is -1.11. The van der Waals surface area contributed by atoms with Crippen molar-refractivity contribution in [2.75, 3.05) is 13.2 Å². The van der Waals surface area contributed by atoms with Crippen LogP contribution in [0.25, 0.3) is 0 Å². The molecule has 0 bridgehead atoms. The lowest BCUT2D eigenvalue weighted by Crippen LogP contribution is -2.64. The van der Waals surface area contributed by atoms with Crippen molar-refractivity contribution in [3.63, 3.8) is 0 Å². The minimum Gasteiger partial charge on any atom is -0.387 e. The fraction of sp³-hybridized carbons (Fsp3) is 1.00. The van der Waals surface area contributed by atoms with Crippen LogP contribution in [0.4, 0.5) is 0 Å². The molecule has 0 aromatic rings. The van der Waals surface area contributed by atoms with Crippen LogP contribution < -0.4 is 0 Å². The van der Waals surface area contributed by atoms with Crippen LogP contribution in [0.1, 0.15) is 111 Å². The Morgan fingerprint density at radius 3 is 1.84 bits per heavy atom. The maximum atomic E-state index is 10.4. The zero-order valence-electron chi connectivity index (χ0n) is 20.2. The van der Waals surface area contributed by atoms with E-state index >= 15 is 0 Å². The van der Waals surface area contributed by atoms with E-state index < -0.39 is 36.5 Å². The maximum absolute atomic E-state index is 10.4. The number of hydrogen-bond donors (Lipinski definition) is 2. The van der Waals surface area contributed by atoms with E-state index in [1.807, 2.05) is 0 Å². The van der Waals surface area contributed by atoms with Crippen LogP contribution in [0, 0.1) is 0 Å². The quantitative estimate of drug-likeness (QED) is 0.323. The van der Waals surface area contributed by atoms with Gasteiger partial charge < -0.3 is 29.2 Å². The summed E-state index contributed by atoms with van der Waals surface area (Å²) in [5, 5.41) is 20.8. The van der Waals surface area contributed by atoms with Gasteiger partial charge in [0.05, 0.1) is 6.61 Å². The SMILES string of the molecule is CCCCCCCCCCCCCCCCO[C@@H]1O[C@@H]2COC(C)(C)O[C@H]2[C@H](O)[C@H]1O. The normalized spacial score (nSPS) is 30.3. The third-order valence-electron chi connectivity index (χ3n) is 6.44. The van der Waals surface area contributed by atoms with Gasteiger partial charge in [-0.05, 0) is 20.3 Å². The Kier molecular flexibility index (Phi) is 12.9. The first-order valence-electron chi connectivity index (χ1n) is 12.9. The lowest BCUT2D eigenvalue weighted by Gasteiger charge is -2.48. The minimum absolute atomic E-state index is 0.320. The number of unbranched alkanes of at least 4 members (excludes halogenated alkanes) is 13. The van der Waals surface area contributed by atoms with Crippen molar-refractivity contribution < 1.29 is 29.2 Å². The predicted octanol–water partition coefficient (Wildman–Crippen LogP) is 5.08. The van der Waals surface area contributed by atoms with Crippen LogP contribution in [-0.2, 0) is 18.9 Å². The molecule has 2 saturated heterocycles. The fourth-order valence-corrected chi connectivity index (χ4v) is 4.46. The third-order valence-corrected chi connectivity index (χ3v) is 6.44. The second-order valence-electron chi connectivity index (χ2n) is 9.78. The van der Waals surface area contributed by atoms with Crippen LogP contribution in [0.15, 0.2) is 0 Å². The summed E-state index contributed by atoms with van der Waals surface area (Å²) < 4.78 is 22.9. The number of aliphatic hydroxyl groups excluding tert-OH is 2. The van der Waals surface area contributed by atoms with Gasteiger partial charge in [0.25, 0.3) is 0 Å². The molecular weight excluding hydrogens is 396 g/mol. The molecule has 2 aliphatic rings. The van der Waals surface area contributed by atoms with Crippen LogP contribution >= 0.6 is 0 Å². The molecule has 2 N–H and O–H groups in total. The Labute approximate surface area is 190 Å². The first-order valence-corrected chi connectivity index (χ1v) is 12.9. The summed E-state index contributed by atoms with van der Waals surface area (Å²) in [5.74, 6) is -0.785. The Balaban J connectivity index is 1.43. The van der Waals surface area contributed by atoms with Crippen LogP contribution in [0.2, 0.25) is 0 Å². The zero-order chi connectivity index (χ0) is 22.5. The topological polar surface area (TPSA) is 77.4 Å². The predicted molar refractivity (Wildman–Crippen MR) is 122 cm³/mol. The number of aliphatic hydroxyl groups is 2. The molecule has 0 aromatic heterocycles. The summed E-state index contributed by atoms with van der Waals surface area (Å²) in [6, 6.07) is 0. The van der Waals surface area contributed by atoms with Gasteiger partial charge in [0.15, 0.2) is 12.1 Å². The smallest absolute Gasteiger partial charge is 0.186 e. The van der Waals surface area contributed by atoms with Gasteiger partial charge in [-0.15, -0.1) is 0 Å². The Hall–Kier alpha value is -0.240. The second-order valence-corrected chi connectivity index (χ2v) is 9.78. The summed E-state index contributed by atoms with van der Waals surface area (Å²) in [4.78, 5) is 0. The van der Waals surface area contributed by atoms with E-state index in [1.54, 1.807) is 13.8 Å². The molecular formula is C25H48O6. The Bertz CT molecular complexity index is 455. The third kappa shape index (κ3) is 10.1. The standard InChI is InChI=1S/C25H48O6/c1-4-5-6-7-8-9-10-11-12-13-14-15-16-17-18-28-24-22(27)21(26)23-20(30-24)19-29-25(2,3)31-23/h20-24,26-27H,4-19H2,1-3H3/t20-,21-,22-,23-,24-/m1/s1. The van der Waals surface area contributed by atoms with E-state index in [2.05, 4.69) is 6.92 Å². The number of fused-ring (bicyclic) bond motifs is 1. The summed E-state index contributed by atoms with van der Waals surface area (Å²) in [6.45, 7) is 6.70. The Morgan fingerprint density at radius 2 is 1.29 bits per heavy atom. The van der Waals surface area contributed by atoms with E-state index in [9.17, 15) is 10.2 Å². The molecule has 2 fully saturated rings. The van der Waals surface area contributed by atoms with Gasteiger partial charge >= 0.3 is 0 Å². The molecule has 5 atom stereocenters. The maximum Gasteiger partial charge on any atom is 0.186 e. The molecule has 0 saturated carbocycles. The van der Waals surface area contributed by atoms with E-state index in [4.69, 9.17) is 18.9 Å². The lowest BCUT2D eigenvalue weighted by molar-refractivity contribution is -0.382. The number of rotatable bonds is 16. The summed E-state index contributed by atoms with van der Waals surface area (Å²) in [6.07, 6.45) is 14.4. The van der Waals surface area contributed by atoms with Crippen molar-refractivity contribution in [3.8, 4) is 0 Å². The van der Waals surface area contributed by atoms with Crippen molar-refractivity contribution in [3.05, 3.63) is 0 Å². The van der Waals surface area contributed by atoms with Gasteiger partial charge in [0.1, 0.15) is 24.4 Å². The molecule has 2 heterocycles. The van der Waals surface area contributed by atoms with Crippen molar-refractivity contribution in [2.24, 2.45) is 0 Å². The van der Waals surface area contributed by atoms with E-state index in [1.165, 1.54) is 77.0 Å². The summed E-state index contributed by atoms with van der Waals surface area (Å²) in [7, 11) is 0. The van der Waals surface area contributed by atoms with Crippen molar-refractivity contribution in [1.82, 2.24) is 0 Å². The monoisotopic (exact) mass is 444 g/mol. The summed E-state index contributed by atoms with van der Waals surface area (Å²) >= 11 is 0. The molecule has 184 valence electrons. The van der Waals surface area contributed by atoms with Crippen molar-refractivity contribution >= 4 is 0 Å². The highest BCUT2D eigenvalue weighted by Crippen LogP contribution is 2.32. The van der Waals surface area contributed by atoms with Crippen molar-refractivity contribution in [1.29, 1.82) is 0 Å². The van der Waals surface area contributed by atoms with E-state index in [-0.39, 0.29) is 0 Å². The molecule has 0 amide bonds. The molecule has 6 nitrogen and oxygen atoms in total. The second kappa shape index (κ2) is 14.8. The first kappa shape index (κ1) is 27.0. The molecule has 6 heteroatoms. The highest BCUT2D eigenvalue weighted by atomic mass is 16.8. The van der Waals surface area contributed by atoms with Crippen molar-refractivity contribution in [2.45, 2.75) is 147 Å². The van der Waals surface area contributed by atoms with Gasteiger partial charge in [0, 0.05) is 6.61 Å². The fourth-order valence-electron chi connectivity index (χ4n) is 4.46. The zero-order valence-corrected chi connectivity index (χ0v) is 20.2. The molecule has 0 aliphatic carbocycles. The largest absolute Gasteiger partial charge is 0.387 e. The first-order chi connectivity index (χ1) is 14.9. The average molecular weight is 445 g/mol. The molecule has 31 heavy (non-hydrogen) atoms. The number of hydrogen-bond acceptors (Lipinski definition) is 6. The van der Waals surface area contributed by atoms with Gasteiger partial charge in [-0.3, -0.25) is 0 Å². The van der Waals surface area contributed by atoms with Gasteiger partial charge in [-0.2, -0.15) is 0 Å². The lowest BCUT2D eigenvalue weighted by atomic mass is 9.97. The molecule has 0 unspecified atom stereocenters. The molecule has 2 rings (SSSR count). The Morgan fingerprint density at radius 1 is 0.774 bits per heavy atom. The molecule has 0 spiro atoms. The van der Waals surface area contributed by atoms with Gasteiger partial charge in [-0.1, -0.05) is 90.4 Å². The highest BCUT2D eigenvalue weighted by Gasteiger charge is 2.50. The molecule has 0 radical (unpaired) electrons. The average Bonchev–Trinajstić information content (AvgIpc) is 2.74. The molecule has 2 aliphatic heterocycles.